The van der Waals surface area contributed by atoms with Crippen molar-refractivity contribution in [1.29, 1.82) is 0 Å². The average molecular weight is 252 g/mol. The first kappa shape index (κ1) is 11.7. The highest BCUT2D eigenvalue weighted by atomic mass is 16.5. The van der Waals surface area contributed by atoms with E-state index in [-0.39, 0.29) is 0 Å². The zero-order valence-electron chi connectivity index (χ0n) is 10.8. The lowest BCUT2D eigenvalue weighted by Gasteiger charge is -2.07. The van der Waals surface area contributed by atoms with Gasteiger partial charge in [0.05, 0.1) is 7.11 Å². The molecule has 3 heteroatoms. The first-order chi connectivity index (χ1) is 9.35. The zero-order chi connectivity index (χ0) is 13.1. The van der Waals surface area contributed by atoms with Crippen molar-refractivity contribution in [3.05, 3.63) is 60.3 Å². The molecule has 0 aliphatic rings. The predicted molar refractivity (Wildman–Crippen MR) is 78.6 cm³/mol. The Balaban J connectivity index is 1.70. The van der Waals surface area contributed by atoms with Crippen molar-refractivity contribution in [3.8, 4) is 5.75 Å². The van der Waals surface area contributed by atoms with Crippen molar-refractivity contribution in [2.45, 2.75) is 6.54 Å². The quantitative estimate of drug-likeness (QED) is 0.741. The summed E-state index contributed by atoms with van der Waals surface area (Å²) in [5.41, 5.74) is 3.53. The Labute approximate surface area is 112 Å². The fourth-order valence-electron chi connectivity index (χ4n) is 2.13. The number of methoxy groups -OCH3 is 1. The van der Waals surface area contributed by atoms with E-state index in [2.05, 4.69) is 34.6 Å². The Morgan fingerprint density at radius 2 is 1.89 bits per heavy atom. The summed E-state index contributed by atoms with van der Waals surface area (Å²) in [5.74, 6) is 0.874. The summed E-state index contributed by atoms with van der Waals surface area (Å²) < 4.78 is 5.14. The minimum absolute atomic E-state index is 0.813. The molecule has 0 radical (unpaired) electrons. The summed E-state index contributed by atoms with van der Waals surface area (Å²) in [7, 11) is 1.68. The fraction of sp³-hybridized carbons (Fsp3) is 0.125. The number of H-pyrrole nitrogens is 1. The van der Waals surface area contributed by atoms with Crippen molar-refractivity contribution in [2.75, 3.05) is 12.4 Å². The van der Waals surface area contributed by atoms with Gasteiger partial charge in [-0.15, -0.1) is 0 Å². The highest BCUT2D eigenvalue weighted by Crippen LogP contribution is 2.18. The molecule has 3 nitrogen and oxygen atoms in total. The minimum Gasteiger partial charge on any atom is -0.497 e. The second-order valence-electron chi connectivity index (χ2n) is 4.48. The number of rotatable bonds is 4. The number of anilines is 1. The minimum atomic E-state index is 0.813. The van der Waals surface area contributed by atoms with E-state index in [1.165, 1.54) is 16.5 Å². The number of benzene rings is 2. The fourth-order valence-corrected chi connectivity index (χ4v) is 2.13. The third kappa shape index (κ3) is 2.55. The SMILES string of the molecule is COc1ccc(NCc2ccc3[nH]ccc3c2)cc1. The maximum absolute atomic E-state index is 5.14. The summed E-state index contributed by atoms with van der Waals surface area (Å²) in [6.07, 6.45) is 1.96. The van der Waals surface area contributed by atoms with Gasteiger partial charge in [-0.25, -0.2) is 0 Å². The highest BCUT2D eigenvalue weighted by Gasteiger charge is 1.98. The molecule has 0 unspecified atom stereocenters. The Morgan fingerprint density at radius 3 is 2.68 bits per heavy atom. The molecular weight excluding hydrogens is 236 g/mol. The largest absolute Gasteiger partial charge is 0.497 e. The molecule has 0 saturated carbocycles. The van der Waals surface area contributed by atoms with Crippen LogP contribution in [-0.4, -0.2) is 12.1 Å². The van der Waals surface area contributed by atoms with Gasteiger partial charge in [0.1, 0.15) is 5.75 Å². The van der Waals surface area contributed by atoms with E-state index in [1.807, 2.05) is 30.5 Å². The number of aromatic amines is 1. The topological polar surface area (TPSA) is 37.0 Å². The predicted octanol–water partition coefficient (Wildman–Crippen LogP) is 3.79. The van der Waals surface area contributed by atoms with Crippen LogP contribution >= 0.6 is 0 Å². The molecule has 3 aromatic rings. The first-order valence-electron chi connectivity index (χ1n) is 6.29. The van der Waals surface area contributed by atoms with E-state index in [0.717, 1.165) is 18.0 Å². The summed E-state index contributed by atoms with van der Waals surface area (Å²) in [4.78, 5) is 3.20. The molecule has 0 fully saturated rings. The maximum atomic E-state index is 5.14. The summed E-state index contributed by atoms with van der Waals surface area (Å²) in [6.45, 7) is 0.813. The van der Waals surface area contributed by atoms with Crippen LogP contribution in [0.15, 0.2) is 54.7 Å². The van der Waals surface area contributed by atoms with Crippen LogP contribution in [0.4, 0.5) is 5.69 Å². The Morgan fingerprint density at radius 1 is 1.05 bits per heavy atom. The molecule has 0 spiro atoms. The van der Waals surface area contributed by atoms with Crippen LogP contribution in [0, 0.1) is 0 Å². The van der Waals surface area contributed by atoms with Crippen LogP contribution in [0.3, 0.4) is 0 Å². The molecule has 96 valence electrons. The molecular formula is C16H16N2O. The average Bonchev–Trinajstić information content (AvgIpc) is 2.93. The van der Waals surface area contributed by atoms with Gasteiger partial charge in [0.2, 0.25) is 0 Å². The van der Waals surface area contributed by atoms with Gasteiger partial charge >= 0.3 is 0 Å². The molecule has 0 amide bonds. The maximum Gasteiger partial charge on any atom is 0.119 e. The van der Waals surface area contributed by atoms with Crippen LogP contribution < -0.4 is 10.1 Å². The van der Waals surface area contributed by atoms with Gasteiger partial charge in [0, 0.05) is 23.9 Å². The molecule has 1 heterocycles. The molecule has 2 aromatic carbocycles. The lowest BCUT2D eigenvalue weighted by molar-refractivity contribution is 0.415. The number of hydrogen-bond donors (Lipinski definition) is 2. The lowest BCUT2D eigenvalue weighted by Crippen LogP contribution is -1.99. The van der Waals surface area contributed by atoms with Crippen molar-refractivity contribution in [1.82, 2.24) is 4.98 Å². The molecule has 0 saturated heterocycles. The van der Waals surface area contributed by atoms with E-state index in [4.69, 9.17) is 4.74 Å². The van der Waals surface area contributed by atoms with Crippen LogP contribution in [-0.2, 0) is 6.54 Å². The van der Waals surface area contributed by atoms with Crippen LogP contribution in [0.1, 0.15) is 5.56 Å². The van der Waals surface area contributed by atoms with Gasteiger partial charge in [-0.3, -0.25) is 0 Å². The van der Waals surface area contributed by atoms with Crippen molar-refractivity contribution in [3.63, 3.8) is 0 Å². The van der Waals surface area contributed by atoms with Crippen LogP contribution in [0.2, 0.25) is 0 Å². The van der Waals surface area contributed by atoms with E-state index in [1.54, 1.807) is 7.11 Å². The van der Waals surface area contributed by atoms with Crippen LogP contribution in [0.5, 0.6) is 5.75 Å². The third-order valence-corrected chi connectivity index (χ3v) is 3.20. The lowest BCUT2D eigenvalue weighted by atomic mass is 10.1. The van der Waals surface area contributed by atoms with Gasteiger partial charge in [0.15, 0.2) is 0 Å². The van der Waals surface area contributed by atoms with Gasteiger partial charge in [-0.2, -0.15) is 0 Å². The molecule has 0 atom stereocenters. The highest BCUT2D eigenvalue weighted by molar-refractivity contribution is 5.79. The standard InChI is InChI=1S/C16H16N2O/c1-19-15-5-3-14(4-6-15)18-11-12-2-7-16-13(10-12)8-9-17-16/h2-10,17-18H,11H2,1H3. The molecule has 19 heavy (non-hydrogen) atoms. The zero-order valence-corrected chi connectivity index (χ0v) is 10.8. The Hall–Kier alpha value is -2.42. The monoisotopic (exact) mass is 252 g/mol. The van der Waals surface area contributed by atoms with Gasteiger partial charge < -0.3 is 15.0 Å². The van der Waals surface area contributed by atoms with E-state index >= 15 is 0 Å². The van der Waals surface area contributed by atoms with Gasteiger partial charge in [-0.05, 0) is 53.4 Å². The number of fused-ring (bicyclic) bond motifs is 1. The van der Waals surface area contributed by atoms with Crippen LogP contribution in [0.25, 0.3) is 10.9 Å². The second kappa shape index (κ2) is 5.06. The third-order valence-electron chi connectivity index (χ3n) is 3.20. The van der Waals surface area contributed by atoms with E-state index in [0.29, 0.717) is 0 Å². The van der Waals surface area contributed by atoms with Crippen molar-refractivity contribution < 1.29 is 4.74 Å². The number of hydrogen-bond acceptors (Lipinski definition) is 2. The van der Waals surface area contributed by atoms with E-state index < -0.39 is 0 Å². The summed E-state index contributed by atoms with van der Waals surface area (Å²) >= 11 is 0. The van der Waals surface area contributed by atoms with Gasteiger partial charge in [0.25, 0.3) is 0 Å². The van der Waals surface area contributed by atoms with Crippen molar-refractivity contribution in [2.24, 2.45) is 0 Å². The number of nitrogens with one attached hydrogen (secondary N) is 2. The van der Waals surface area contributed by atoms with Gasteiger partial charge in [-0.1, -0.05) is 6.07 Å². The first-order valence-corrected chi connectivity index (χ1v) is 6.29. The second-order valence-corrected chi connectivity index (χ2v) is 4.48. The Bertz CT molecular complexity index is 671. The number of ether oxygens (including phenoxy) is 1. The molecule has 2 N–H and O–H groups in total. The smallest absolute Gasteiger partial charge is 0.119 e. The molecule has 0 bridgehead atoms. The van der Waals surface area contributed by atoms with E-state index in [9.17, 15) is 0 Å². The summed E-state index contributed by atoms with van der Waals surface area (Å²) in [5, 5.41) is 4.65. The molecule has 0 aliphatic carbocycles. The summed E-state index contributed by atoms with van der Waals surface area (Å²) in [6, 6.07) is 16.5. The molecule has 3 rings (SSSR count). The normalized spacial score (nSPS) is 10.6. The number of aromatic nitrogens is 1. The molecule has 1 aromatic heterocycles. The molecule has 0 aliphatic heterocycles. The Kier molecular flexibility index (Phi) is 3.11. The van der Waals surface area contributed by atoms with Crippen molar-refractivity contribution >= 4 is 16.6 Å².